The molecule has 114 valence electrons. The van der Waals surface area contributed by atoms with Gasteiger partial charge in [0.15, 0.2) is 0 Å². The maximum atomic E-state index is 12.2. The van der Waals surface area contributed by atoms with Crippen LogP contribution in [0.1, 0.15) is 31.7 Å². The Labute approximate surface area is 124 Å². The number of rotatable bonds is 4. The largest absolute Gasteiger partial charge is 0.481 e. The molecule has 1 atom stereocenters. The second-order valence-corrected chi connectivity index (χ2v) is 5.48. The van der Waals surface area contributed by atoms with Gasteiger partial charge in [-0.2, -0.15) is 0 Å². The molecule has 2 heterocycles. The molecule has 2 rings (SSSR count). The fourth-order valence-corrected chi connectivity index (χ4v) is 2.71. The van der Waals surface area contributed by atoms with Crippen molar-refractivity contribution in [3.8, 4) is 0 Å². The lowest BCUT2D eigenvalue weighted by atomic mass is 9.78. The first-order valence-electron chi connectivity index (χ1n) is 7.22. The molecular weight excluding hydrogens is 270 g/mol. The van der Waals surface area contributed by atoms with E-state index in [2.05, 4.69) is 10.3 Å². The van der Waals surface area contributed by atoms with Crippen molar-refractivity contribution in [3.05, 3.63) is 30.1 Å². The number of hydrogen-bond acceptors (Lipinski definition) is 3. The van der Waals surface area contributed by atoms with Crippen molar-refractivity contribution >= 4 is 12.0 Å². The molecule has 1 fully saturated rings. The number of carboxylic acid groups (broad SMARTS) is 1. The average Bonchev–Trinajstić information content (AvgIpc) is 2.53. The first-order chi connectivity index (χ1) is 10.1. The fourth-order valence-electron chi connectivity index (χ4n) is 2.71. The number of aliphatic carboxylic acids is 1. The number of nitrogens with zero attached hydrogens (tertiary/aromatic N) is 2. The van der Waals surface area contributed by atoms with Crippen LogP contribution in [-0.4, -0.2) is 40.1 Å². The summed E-state index contributed by atoms with van der Waals surface area (Å²) in [6.07, 6.45) is 5.25. The Morgan fingerprint density at radius 1 is 1.43 bits per heavy atom. The molecule has 0 aromatic carbocycles. The highest BCUT2D eigenvalue weighted by Gasteiger charge is 2.42. The van der Waals surface area contributed by atoms with Crippen LogP contribution in [0.3, 0.4) is 0 Å². The second-order valence-electron chi connectivity index (χ2n) is 5.48. The topological polar surface area (TPSA) is 82.5 Å². The molecule has 1 aliphatic heterocycles. The highest BCUT2D eigenvalue weighted by molar-refractivity contribution is 5.78. The summed E-state index contributed by atoms with van der Waals surface area (Å²) in [6.45, 7) is 3.18. The van der Waals surface area contributed by atoms with Crippen LogP contribution in [-0.2, 0) is 11.3 Å². The first-order valence-corrected chi connectivity index (χ1v) is 7.22. The van der Waals surface area contributed by atoms with Crippen LogP contribution in [0.15, 0.2) is 24.5 Å². The molecule has 0 spiro atoms. The Balaban J connectivity index is 1.94. The number of carbonyl (C=O) groups excluding carboxylic acids is 1. The minimum atomic E-state index is -0.809. The van der Waals surface area contributed by atoms with Gasteiger partial charge in [0.25, 0.3) is 0 Å². The van der Waals surface area contributed by atoms with E-state index in [1.54, 1.807) is 17.3 Å². The molecule has 1 aromatic heterocycles. The van der Waals surface area contributed by atoms with Crippen LogP contribution in [0, 0.1) is 5.41 Å². The van der Waals surface area contributed by atoms with E-state index in [0.717, 1.165) is 12.0 Å². The SMILES string of the molecule is CCC1(C(=O)O)CCCN(C(=O)NCc2ccncc2)C1. The molecule has 1 aliphatic rings. The molecule has 6 heteroatoms. The molecule has 1 unspecified atom stereocenters. The number of aromatic nitrogens is 1. The van der Waals surface area contributed by atoms with Gasteiger partial charge in [-0.1, -0.05) is 6.92 Å². The lowest BCUT2D eigenvalue weighted by molar-refractivity contribution is -0.152. The summed E-state index contributed by atoms with van der Waals surface area (Å²) in [6, 6.07) is 3.47. The van der Waals surface area contributed by atoms with E-state index in [-0.39, 0.29) is 12.6 Å². The van der Waals surface area contributed by atoms with Crippen molar-refractivity contribution in [2.45, 2.75) is 32.7 Å². The summed E-state index contributed by atoms with van der Waals surface area (Å²) >= 11 is 0. The van der Waals surface area contributed by atoms with Gasteiger partial charge < -0.3 is 15.3 Å². The molecule has 0 saturated carbocycles. The zero-order valence-corrected chi connectivity index (χ0v) is 12.2. The van der Waals surface area contributed by atoms with Gasteiger partial charge >= 0.3 is 12.0 Å². The molecule has 1 aromatic rings. The van der Waals surface area contributed by atoms with E-state index < -0.39 is 11.4 Å². The number of hydrogen-bond donors (Lipinski definition) is 2. The van der Waals surface area contributed by atoms with Gasteiger partial charge in [0.1, 0.15) is 0 Å². The molecular formula is C15H21N3O3. The van der Waals surface area contributed by atoms with E-state index >= 15 is 0 Å². The number of carboxylic acids is 1. The maximum Gasteiger partial charge on any atom is 0.317 e. The second kappa shape index (κ2) is 6.56. The number of pyridine rings is 1. The molecule has 0 radical (unpaired) electrons. The summed E-state index contributed by atoms with van der Waals surface area (Å²) in [7, 11) is 0. The Hall–Kier alpha value is -2.11. The van der Waals surface area contributed by atoms with Crippen LogP contribution >= 0.6 is 0 Å². The highest BCUT2D eigenvalue weighted by Crippen LogP contribution is 2.33. The number of carbonyl (C=O) groups is 2. The molecule has 2 amide bonds. The molecule has 1 saturated heterocycles. The average molecular weight is 291 g/mol. The van der Waals surface area contributed by atoms with E-state index in [1.807, 2.05) is 19.1 Å². The van der Waals surface area contributed by atoms with Gasteiger partial charge in [-0.3, -0.25) is 9.78 Å². The van der Waals surface area contributed by atoms with Crippen molar-refractivity contribution in [2.24, 2.45) is 5.41 Å². The monoisotopic (exact) mass is 291 g/mol. The van der Waals surface area contributed by atoms with Crippen LogP contribution in [0.2, 0.25) is 0 Å². The standard InChI is InChI=1S/C15H21N3O3/c1-2-15(13(19)20)6-3-9-18(11-15)14(21)17-10-12-4-7-16-8-5-12/h4-5,7-8H,2-3,6,9-11H2,1H3,(H,17,21)(H,19,20). The van der Waals surface area contributed by atoms with Crippen molar-refractivity contribution in [1.29, 1.82) is 0 Å². The Morgan fingerprint density at radius 3 is 2.76 bits per heavy atom. The van der Waals surface area contributed by atoms with Crippen LogP contribution in [0.4, 0.5) is 4.79 Å². The Morgan fingerprint density at radius 2 is 2.14 bits per heavy atom. The quantitative estimate of drug-likeness (QED) is 0.887. The van der Waals surface area contributed by atoms with E-state index in [4.69, 9.17) is 0 Å². The van der Waals surface area contributed by atoms with Crippen molar-refractivity contribution in [3.63, 3.8) is 0 Å². The summed E-state index contributed by atoms with van der Waals surface area (Å²) in [5.41, 5.74) is 0.169. The van der Waals surface area contributed by atoms with Crippen molar-refractivity contribution in [1.82, 2.24) is 15.2 Å². The zero-order chi connectivity index (χ0) is 15.3. The third-order valence-corrected chi connectivity index (χ3v) is 4.19. The number of urea groups is 1. The van der Waals surface area contributed by atoms with E-state index in [0.29, 0.717) is 25.9 Å². The minimum absolute atomic E-state index is 0.203. The van der Waals surface area contributed by atoms with Gasteiger partial charge in [0.2, 0.25) is 0 Å². The number of piperidine rings is 1. The molecule has 0 bridgehead atoms. The number of likely N-dealkylation sites (tertiary alicyclic amines) is 1. The Kier molecular flexibility index (Phi) is 4.77. The van der Waals surface area contributed by atoms with Crippen molar-refractivity contribution in [2.75, 3.05) is 13.1 Å². The third kappa shape index (κ3) is 3.51. The van der Waals surface area contributed by atoms with E-state index in [1.165, 1.54) is 0 Å². The lowest BCUT2D eigenvalue weighted by Crippen LogP contribution is -2.52. The van der Waals surface area contributed by atoms with Crippen LogP contribution in [0.25, 0.3) is 0 Å². The highest BCUT2D eigenvalue weighted by atomic mass is 16.4. The first kappa shape index (κ1) is 15.3. The van der Waals surface area contributed by atoms with Gasteiger partial charge in [-0.15, -0.1) is 0 Å². The number of nitrogens with one attached hydrogen (secondary N) is 1. The van der Waals surface area contributed by atoms with Crippen LogP contribution in [0.5, 0.6) is 0 Å². The van der Waals surface area contributed by atoms with Gasteiger partial charge in [-0.05, 0) is 37.0 Å². The van der Waals surface area contributed by atoms with Crippen LogP contribution < -0.4 is 5.32 Å². The van der Waals surface area contributed by atoms with Gasteiger partial charge in [0.05, 0.1) is 5.41 Å². The van der Waals surface area contributed by atoms with E-state index in [9.17, 15) is 14.7 Å². The zero-order valence-electron chi connectivity index (χ0n) is 12.2. The molecule has 6 nitrogen and oxygen atoms in total. The predicted molar refractivity (Wildman–Crippen MR) is 77.6 cm³/mol. The summed E-state index contributed by atoms with van der Waals surface area (Å²) in [5.74, 6) is -0.809. The van der Waals surface area contributed by atoms with Crippen molar-refractivity contribution < 1.29 is 14.7 Å². The predicted octanol–water partition coefficient (Wildman–Crippen LogP) is 1.87. The Bertz CT molecular complexity index is 506. The lowest BCUT2D eigenvalue weighted by Gasteiger charge is -2.39. The third-order valence-electron chi connectivity index (χ3n) is 4.19. The smallest absolute Gasteiger partial charge is 0.317 e. The summed E-state index contributed by atoms with van der Waals surface area (Å²) < 4.78 is 0. The fraction of sp³-hybridized carbons (Fsp3) is 0.533. The normalized spacial score (nSPS) is 21.9. The molecule has 2 N–H and O–H groups in total. The minimum Gasteiger partial charge on any atom is -0.481 e. The maximum absolute atomic E-state index is 12.2. The summed E-state index contributed by atoms with van der Waals surface area (Å²) in [5, 5.41) is 12.3. The van der Waals surface area contributed by atoms with Gasteiger partial charge in [0, 0.05) is 32.0 Å². The molecule has 21 heavy (non-hydrogen) atoms. The van der Waals surface area contributed by atoms with Gasteiger partial charge in [-0.25, -0.2) is 4.79 Å². The number of amides is 2. The molecule has 0 aliphatic carbocycles. The summed E-state index contributed by atoms with van der Waals surface area (Å²) in [4.78, 5) is 29.2.